The molecule has 8 heteroatoms. The van der Waals surface area contributed by atoms with Gasteiger partial charge >= 0.3 is 5.97 Å². The monoisotopic (exact) mass is 576 g/mol. The van der Waals surface area contributed by atoms with Crippen LogP contribution in [0.4, 0.5) is 8.78 Å². The fourth-order valence-electron chi connectivity index (χ4n) is 4.74. The molecule has 1 N–H and O–H groups in total. The van der Waals surface area contributed by atoms with Gasteiger partial charge in [-0.25, -0.2) is 13.6 Å². The minimum Gasteiger partial charge on any atom is -0.479 e. The Kier molecular flexibility index (Phi) is 8.13. The number of carboxylic acids is 1. The van der Waals surface area contributed by atoms with Crippen LogP contribution >= 0.6 is 27.5 Å². The van der Waals surface area contributed by atoms with Crippen molar-refractivity contribution in [3.05, 3.63) is 111 Å². The fourth-order valence-corrected chi connectivity index (χ4v) is 5.38. The first-order chi connectivity index (χ1) is 17.1. The smallest absolute Gasteiger partial charge is 0.341 e. The van der Waals surface area contributed by atoms with E-state index in [2.05, 4.69) is 22.5 Å². The van der Waals surface area contributed by atoms with Crippen molar-refractivity contribution in [3.8, 4) is 5.75 Å². The van der Waals surface area contributed by atoms with Gasteiger partial charge in [0.15, 0.2) is 18.2 Å². The topological polar surface area (TPSA) is 55.8 Å². The summed E-state index contributed by atoms with van der Waals surface area (Å²) in [5.41, 5.74) is 2.69. The number of rotatable bonds is 7. The molecular weight excluding hydrogens is 554 g/mol. The number of hydrogen-bond donors (Lipinski definition) is 1. The molecule has 1 saturated heterocycles. The second-order valence-electron chi connectivity index (χ2n) is 8.87. The van der Waals surface area contributed by atoms with Crippen LogP contribution < -0.4 is 4.74 Å². The average molecular weight is 578 g/mol. The fraction of sp³-hybridized carbons (Fsp3) is 0.250. The lowest BCUT2D eigenvalue weighted by Crippen LogP contribution is -2.32. The molecular formula is C28H24BrClF2O4. The van der Waals surface area contributed by atoms with E-state index < -0.39 is 36.4 Å². The lowest BCUT2D eigenvalue weighted by molar-refractivity contribution is -0.139. The summed E-state index contributed by atoms with van der Waals surface area (Å²) in [7, 11) is 0. The Hall–Kier alpha value is -2.74. The van der Waals surface area contributed by atoms with Crippen LogP contribution in [0.15, 0.2) is 77.3 Å². The molecule has 188 valence electrons. The van der Waals surface area contributed by atoms with Gasteiger partial charge in [0, 0.05) is 26.9 Å². The van der Waals surface area contributed by atoms with E-state index in [1.54, 1.807) is 24.3 Å². The summed E-state index contributed by atoms with van der Waals surface area (Å²) in [4.78, 5) is 11.2. The predicted molar refractivity (Wildman–Crippen MR) is 137 cm³/mol. The molecule has 36 heavy (non-hydrogen) atoms. The standard InChI is InChI=1S/C28H24BrClF2O4/c1-15(2)21-13-22(16-5-3-7-19(30)9-16)26(17-6-4-8-20(31)10-17)36-27(21)23-11-18(29)12-24(32)28(23)35-14-25(33)34/h3-12,21-22,26-27H,1,13-14H2,2H3,(H,33,34)/t21-,22-,26+,27+/m1/s1. The number of halogens is 4. The van der Waals surface area contributed by atoms with Crippen molar-refractivity contribution < 1.29 is 28.2 Å². The molecule has 0 unspecified atom stereocenters. The Morgan fingerprint density at radius 2 is 1.86 bits per heavy atom. The Balaban J connectivity index is 1.85. The van der Waals surface area contributed by atoms with E-state index in [9.17, 15) is 9.18 Å². The van der Waals surface area contributed by atoms with Crippen LogP contribution in [0.5, 0.6) is 5.75 Å². The van der Waals surface area contributed by atoms with Gasteiger partial charge in [-0.1, -0.05) is 63.9 Å². The summed E-state index contributed by atoms with van der Waals surface area (Å²) in [6.07, 6.45) is -0.787. The molecule has 0 aliphatic carbocycles. The number of ether oxygens (including phenoxy) is 2. The zero-order chi connectivity index (χ0) is 26.0. The highest BCUT2D eigenvalue weighted by Gasteiger charge is 2.42. The van der Waals surface area contributed by atoms with Crippen LogP contribution in [-0.2, 0) is 9.53 Å². The first-order valence-corrected chi connectivity index (χ1v) is 12.5. The zero-order valence-electron chi connectivity index (χ0n) is 19.4. The van der Waals surface area contributed by atoms with Crippen LogP contribution in [0.2, 0.25) is 5.02 Å². The average Bonchev–Trinajstić information content (AvgIpc) is 2.82. The summed E-state index contributed by atoms with van der Waals surface area (Å²) in [5, 5.41) is 9.68. The number of benzene rings is 3. The summed E-state index contributed by atoms with van der Waals surface area (Å²) in [6.45, 7) is 5.31. The van der Waals surface area contributed by atoms with E-state index in [-0.39, 0.29) is 17.6 Å². The van der Waals surface area contributed by atoms with Crippen LogP contribution in [0.3, 0.4) is 0 Å². The second kappa shape index (κ2) is 11.1. The molecule has 1 aliphatic heterocycles. The van der Waals surface area contributed by atoms with Gasteiger partial charge in [-0.2, -0.15) is 0 Å². The highest BCUT2D eigenvalue weighted by Crippen LogP contribution is 2.53. The number of carboxylic acid groups (broad SMARTS) is 1. The van der Waals surface area contributed by atoms with E-state index in [0.29, 0.717) is 27.0 Å². The summed E-state index contributed by atoms with van der Waals surface area (Å²) in [6, 6.07) is 16.5. The molecule has 0 aromatic heterocycles. The molecule has 0 spiro atoms. The minimum absolute atomic E-state index is 0.198. The number of hydrogen-bond acceptors (Lipinski definition) is 3. The molecule has 0 amide bonds. The van der Waals surface area contributed by atoms with E-state index in [4.69, 9.17) is 26.2 Å². The van der Waals surface area contributed by atoms with Crippen molar-refractivity contribution in [2.45, 2.75) is 31.5 Å². The van der Waals surface area contributed by atoms with Crippen LogP contribution in [0.1, 0.15) is 48.2 Å². The van der Waals surface area contributed by atoms with Gasteiger partial charge in [-0.3, -0.25) is 0 Å². The third-order valence-corrected chi connectivity index (χ3v) is 7.00. The Morgan fingerprint density at radius 1 is 1.14 bits per heavy atom. The molecule has 0 bridgehead atoms. The number of aliphatic carboxylic acids is 1. The van der Waals surface area contributed by atoms with Crippen molar-refractivity contribution in [1.82, 2.24) is 0 Å². The van der Waals surface area contributed by atoms with Crippen molar-refractivity contribution in [2.75, 3.05) is 6.61 Å². The van der Waals surface area contributed by atoms with Gasteiger partial charge in [0.2, 0.25) is 0 Å². The predicted octanol–water partition coefficient (Wildman–Crippen LogP) is 8.02. The van der Waals surface area contributed by atoms with Crippen molar-refractivity contribution in [1.29, 1.82) is 0 Å². The molecule has 0 saturated carbocycles. The molecule has 3 aromatic carbocycles. The lowest BCUT2D eigenvalue weighted by atomic mass is 9.74. The Bertz CT molecular complexity index is 1300. The SMILES string of the molecule is C=C(C)[C@H]1C[C@H](c2cccc(Cl)c2)[C@H](c2cccc(F)c2)O[C@@H]1c1cc(Br)cc(F)c1OCC(=O)O. The first kappa shape index (κ1) is 26.3. The van der Waals surface area contributed by atoms with Crippen molar-refractivity contribution in [2.24, 2.45) is 5.92 Å². The zero-order valence-corrected chi connectivity index (χ0v) is 21.7. The normalized spacial score (nSPS) is 21.7. The third-order valence-electron chi connectivity index (χ3n) is 6.30. The molecule has 3 aromatic rings. The Labute approximate surface area is 221 Å². The molecule has 1 heterocycles. The van der Waals surface area contributed by atoms with E-state index in [1.807, 2.05) is 25.1 Å². The first-order valence-electron chi connectivity index (χ1n) is 11.3. The maximum atomic E-state index is 15.0. The van der Waals surface area contributed by atoms with Gasteiger partial charge < -0.3 is 14.6 Å². The summed E-state index contributed by atoms with van der Waals surface area (Å²) < 4.78 is 41.8. The maximum Gasteiger partial charge on any atom is 0.341 e. The molecule has 4 atom stereocenters. The van der Waals surface area contributed by atoms with Crippen LogP contribution in [-0.4, -0.2) is 17.7 Å². The van der Waals surface area contributed by atoms with E-state index in [1.165, 1.54) is 18.2 Å². The van der Waals surface area contributed by atoms with E-state index >= 15 is 4.39 Å². The Morgan fingerprint density at radius 3 is 2.53 bits per heavy atom. The quantitative estimate of drug-likeness (QED) is 0.289. The van der Waals surface area contributed by atoms with Gasteiger partial charge in [0.25, 0.3) is 0 Å². The molecule has 4 nitrogen and oxygen atoms in total. The van der Waals surface area contributed by atoms with Crippen LogP contribution in [0, 0.1) is 17.6 Å². The molecule has 0 radical (unpaired) electrons. The van der Waals surface area contributed by atoms with Gasteiger partial charge in [0.05, 0.1) is 12.2 Å². The summed E-state index contributed by atoms with van der Waals surface area (Å²) in [5.74, 6) is -3.04. The third kappa shape index (κ3) is 5.80. The second-order valence-corrected chi connectivity index (χ2v) is 10.2. The van der Waals surface area contributed by atoms with Crippen molar-refractivity contribution >= 4 is 33.5 Å². The molecule has 1 aliphatic rings. The van der Waals surface area contributed by atoms with Crippen LogP contribution in [0.25, 0.3) is 0 Å². The van der Waals surface area contributed by atoms with Gasteiger partial charge in [-0.15, -0.1) is 0 Å². The van der Waals surface area contributed by atoms with Crippen molar-refractivity contribution in [3.63, 3.8) is 0 Å². The largest absolute Gasteiger partial charge is 0.479 e. The van der Waals surface area contributed by atoms with Gasteiger partial charge in [-0.05, 0) is 60.9 Å². The lowest BCUT2D eigenvalue weighted by Gasteiger charge is -2.43. The van der Waals surface area contributed by atoms with Gasteiger partial charge in [0.1, 0.15) is 5.82 Å². The maximum absolute atomic E-state index is 15.0. The highest BCUT2D eigenvalue weighted by atomic mass is 79.9. The van der Waals surface area contributed by atoms with E-state index in [0.717, 1.165) is 11.1 Å². The molecule has 1 fully saturated rings. The minimum atomic E-state index is -1.23. The highest BCUT2D eigenvalue weighted by molar-refractivity contribution is 9.10. The summed E-state index contributed by atoms with van der Waals surface area (Å²) >= 11 is 9.62. The molecule has 4 rings (SSSR count). The number of carbonyl (C=O) groups is 1.